The highest BCUT2D eigenvalue weighted by atomic mass is 15.2. The lowest BCUT2D eigenvalue weighted by Gasteiger charge is -2.25. The molecule has 1 aromatic heterocycles. The van der Waals surface area contributed by atoms with Gasteiger partial charge in [0.25, 0.3) is 0 Å². The summed E-state index contributed by atoms with van der Waals surface area (Å²) >= 11 is 0. The van der Waals surface area contributed by atoms with Crippen molar-refractivity contribution < 1.29 is 0 Å². The van der Waals surface area contributed by atoms with E-state index in [4.69, 9.17) is 15.0 Å². The van der Waals surface area contributed by atoms with Gasteiger partial charge in [0.05, 0.1) is 16.9 Å². The molecule has 0 N–H and O–H groups in total. The molecule has 0 aliphatic rings. The summed E-state index contributed by atoms with van der Waals surface area (Å²) in [6.45, 7) is 10.4. The van der Waals surface area contributed by atoms with Gasteiger partial charge in [0, 0.05) is 52.1 Å². The second-order valence-corrected chi connectivity index (χ2v) is 8.96. The lowest BCUT2D eigenvalue weighted by molar-refractivity contribution is 0.619. The molecule has 0 atom stereocenters. The van der Waals surface area contributed by atoms with E-state index in [9.17, 15) is 0 Å². The van der Waals surface area contributed by atoms with Crippen molar-refractivity contribution in [2.45, 2.75) is 40.5 Å². The Hall–Kier alpha value is -3.15. The highest BCUT2D eigenvalue weighted by Crippen LogP contribution is 2.35. The van der Waals surface area contributed by atoms with Crippen LogP contribution in [0.1, 0.15) is 40.5 Å². The van der Waals surface area contributed by atoms with E-state index in [-0.39, 0.29) is 0 Å². The first kappa shape index (κ1) is 24.5. The number of benzene rings is 2. The first-order chi connectivity index (χ1) is 15.7. The van der Waals surface area contributed by atoms with Gasteiger partial charge in [-0.05, 0) is 56.3 Å². The standard InChI is InChI=1S/C27H38N6/c1-9-15-33(16-10-2)27-25-17-21(28-19(3)31(5)6)11-13-23(25)24-14-12-22(18-26(24)30-27)29-20(4)32(7)8/h11-14,17-18H,9-10,15-16H2,1-8H3. The second-order valence-electron chi connectivity index (χ2n) is 8.96. The number of hydrogen-bond acceptors (Lipinski definition) is 4. The summed E-state index contributed by atoms with van der Waals surface area (Å²) < 4.78 is 0. The number of rotatable bonds is 7. The van der Waals surface area contributed by atoms with Crippen LogP contribution >= 0.6 is 0 Å². The van der Waals surface area contributed by atoms with Gasteiger partial charge in [-0.15, -0.1) is 0 Å². The highest BCUT2D eigenvalue weighted by Gasteiger charge is 2.15. The molecule has 0 aliphatic carbocycles. The van der Waals surface area contributed by atoms with Crippen LogP contribution in [0.4, 0.5) is 17.2 Å². The van der Waals surface area contributed by atoms with Crippen molar-refractivity contribution >= 4 is 50.5 Å². The quantitative estimate of drug-likeness (QED) is 0.245. The first-order valence-corrected chi connectivity index (χ1v) is 11.8. The normalized spacial score (nSPS) is 12.5. The molecule has 6 nitrogen and oxygen atoms in total. The van der Waals surface area contributed by atoms with E-state index >= 15 is 0 Å². The fraction of sp³-hybridized carbons (Fsp3) is 0.444. The summed E-state index contributed by atoms with van der Waals surface area (Å²) in [4.78, 5) is 21.2. The second kappa shape index (κ2) is 10.6. The molecule has 176 valence electrons. The molecule has 0 saturated heterocycles. The average Bonchev–Trinajstić information content (AvgIpc) is 2.78. The molecule has 0 spiro atoms. The molecule has 0 unspecified atom stereocenters. The molecule has 0 radical (unpaired) electrons. The number of nitrogens with zero attached hydrogens (tertiary/aromatic N) is 6. The van der Waals surface area contributed by atoms with Crippen LogP contribution in [-0.2, 0) is 0 Å². The molecule has 2 aromatic carbocycles. The van der Waals surface area contributed by atoms with E-state index in [1.807, 2.05) is 51.8 Å². The van der Waals surface area contributed by atoms with E-state index in [0.29, 0.717) is 0 Å². The number of aliphatic imine (C=N–C) groups is 2. The van der Waals surface area contributed by atoms with Gasteiger partial charge in [0.2, 0.25) is 0 Å². The Morgan fingerprint density at radius 2 is 1.24 bits per heavy atom. The van der Waals surface area contributed by atoms with Crippen LogP contribution in [0.15, 0.2) is 46.4 Å². The van der Waals surface area contributed by atoms with Crippen LogP contribution in [0.25, 0.3) is 21.7 Å². The first-order valence-electron chi connectivity index (χ1n) is 11.8. The Bertz CT molecular complexity index is 1170. The van der Waals surface area contributed by atoms with Crippen molar-refractivity contribution in [2.75, 3.05) is 46.2 Å². The zero-order valence-electron chi connectivity index (χ0n) is 21.5. The van der Waals surface area contributed by atoms with Crippen molar-refractivity contribution in [1.82, 2.24) is 14.8 Å². The monoisotopic (exact) mass is 446 g/mol. The summed E-state index contributed by atoms with van der Waals surface area (Å²) in [6.07, 6.45) is 2.15. The zero-order chi connectivity index (χ0) is 24.1. The van der Waals surface area contributed by atoms with Crippen molar-refractivity contribution in [3.63, 3.8) is 0 Å². The molecular formula is C27H38N6. The Morgan fingerprint density at radius 3 is 1.76 bits per heavy atom. The fourth-order valence-electron chi connectivity index (χ4n) is 3.78. The Labute approximate surface area is 198 Å². The molecule has 0 aliphatic heterocycles. The molecule has 1 heterocycles. The number of amidine groups is 2. The van der Waals surface area contributed by atoms with E-state index in [2.05, 4.69) is 55.1 Å². The van der Waals surface area contributed by atoms with Crippen LogP contribution < -0.4 is 4.90 Å². The predicted octanol–water partition coefficient (Wildman–Crippen LogP) is 6.24. The van der Waals surface area contributed by atoms with Gasteiger partial charge in [-0.3, -0.25) is 0 Å². The van der Waals surface area contributed by atoms with E-state index < -0.39 is 0 Å². The maximum absolute atomic E-state index is 5.19. The Balaban J connectivity index is 2.28. The topological polar surface area (TPSA) is 47.3 Å². The minimum absolute atomic E-state index is 0.923. The third kappa shape index (κ3) is 5.62. The lowest BCUT2D eigenvalue weighted by atomic mass is 10.0. The minimum atomic E-state index is 0.923. The average molecular weight is 447 g/mol. The molecule has 6 heteroatoms. The van der Waals surface area contributed by atoms with Gasteiger partial charge >= 0.3 is 0 Å². The fourth-order valence-corrected chi connectivity index (χ4v) is 3.78. The van der Waals surface area contributed by atoms with Gasteiger partial charge in [-0.25, -0.2) is 15.0 Å². The maximum atomic E-state index is 5.19. The highest BCUT2D eigenvalue weighted by molar-refractivity contribution is 6.11. The van der Waals surface area contributed by atoms with Crippen LogP contribution in [0.5, 0.6) is 0 Å². The van der Waals surface area contributed by atoms with Gasteiger partial charge in [0.1, 0.15) is 17.5 Å². The van der Waals surface area contributed by atoms with Gasteiger partial charge in [-0.1, -0.05) is 26.0 Å². The number of anilines is 1. The number of pyridine rings is 1. The molecule has 3 aromatic rings. The molecule has 0 bridgehead atoms. The van der Waals surface area contributed by atoms with Crippen molar-refractivity contribution in [3.05, 3.63) is 36.4 Å². The van der Waals surface area contributed by atoms with Crippen molar-refractivity contribution in [3.8, 4) is 0 Å². The van der Waals surface area contributed by atoms with E-state index in [0.717, 1.165) is 71.1 Å². The molecule has 0 amide bonds. The lowest BCUT2D eigenvalue weighted by Crippen LogP contribution is -2.26. The van der Waals surface area contributed by atoms with Crippen LogP contribution in [0, 0.1) is 0 Å². The van der Waals surface area contributed by atoms with Gasteiger partial charge in [0.15, 0.2) is 0 Å². The number of aromatic nitrogens is 1. The third-order valence-corrected chi connectivity index (χ3v) is 5.90. The summed E-state index contributed by atoms with van der Waals surface area (Å²) in [5.41, 5.74) is 2.85. The summed E-state index contributed by atoms with van der Waals surface area (Å²) in [5, 5.41) is 3.49. The zero-order valence-corrected chi connectivity index (χ0v) is 21.5. The Kier molecular flexibility index (Phi) is 7.90. The Morgan fingerprint density at radius 1 is 0.727 bits per heavy atom. The van der Waals surface area contributed by atoms with Crippen LogP contribution in [0.2, 0.25) is 0 Å². The molecule has 3 rings (SSSR count). The van der Waals surface area contributed by atoms with Crippen LogP contribution in [-0.4, -0.2) is 67.7 Å². The smallest absolute Gasteiger partial charge is 0.137 e. The summed E-state index contributed by atoms with van der Waals surface area (Å²) in [5.74, 6) is 2.97. The van der Waals surface area contributed by atoms with Gasteiger partial charge in [-0.2, -0.15) is 0 Å². The number of fused-ring (bicyclic) bond motifs is 3. The predicted molar refractivity (Wildman–Crippen MR) is 145 cm³/mol. The molecular weight excluding hydrogens is 408 g/mol. The summed E-state index contributed by atoms with van der Waals surface area (Å²) in [7, 11) is 8.05. The minimum Gasteiger partial charge on any atom is -0.366 e. The third-order valence-electron chi connectivity index (χ3n) is 5.90. The largest absolute Gasteiger partial charge is 0.366 e. The van der Waals surface area contributed by atoms with E-state index in [1.54, 1.807) is 0 Å². The summed E-state index contributed by atoms with van der Waals surface area (Å²) in [6, 6.07) is 12.8. The molecule has 0 saturated carbocycles. The SMILES string of the molecule is CCCN(CCC)c1nc2cc(N=C(C)N(C)C)ccc2c2ccc(N=C(C)N(C)C)cc12. The number of hydrogen-bond donors (Lipinski definition) is 0. The van der Waals surface area contributed by atoms with Crippen molar-refractivity contribution in [1.29, 1.82) is 0 Å². The van der Waals surface area contributed by atoms with E-state index in [1.165, 1.54) is 5.39 Å². The van der Waals surface area contributed by atoms with Crippen LogP contribution in [0.3, 0.4) is 0 Å². The maximum Gasteiger partial charge on any atom is 0.137 e. The molecule has 0 fully saturated rings. The molecule has 33 heavy (non-hydrogen) atoms. The van der Waals surface area contributed by atoms with Crippen molar-refractivity contribution in [2.24, 2.45) is 9.98 Å². The van der Waals surface area contributed by atoms with Gasteiger partial charge < -0.3 is 14.7 Å².